The maximum absolute atomic E-state index is 13.0. The first-order valence-electron chi connectivity index (χ1n) is 14.5. The van der Waals surface area contributed by atoms with Gasteiger partial charge in [-0.2, -0.15) is 0 Å². The fourth-order valence-electron chi connectivity index (χ4n) is 3.73. The lowest BCUT2D eigenvalue weighted by Gasteiger charge is -2.30. The second kappa shape index (κ2) is 22.8. The molecule has 0 fully saturated rings. The lowest BCUT2D eigenvalue weighted by atomic mass is 10.1. The molecular weight excluding hydrogens is 490 g/mol. The molecule has 0 heterocycles. The van der Waals surface area contributed by atoms with Crippen LogP contribution in [0.15, 0.2) is 0 Å². The van der Waals surface area contributed by atoms with E-state index in [-0.39, 0.29) is 50.9 Å². The van der Waals surface area contributed by atoms with Crippen LogP contribution < -0.4 is 0 Å². The van der Waals surface area contributed by atoms with Crippen LogP contribution in [0.1, 0.15) is 112 Å². The average molecular weight is 544 g/mol. The molecule has 0 saturated heterocycles. The molecule has 1 amide bonds. The van der Waals surface area contributed by atoms with E-state index in [0.717, 1.165) is 12.8 Å². The molecule has 1 atom stereocenters. The molecule has 0 spiro atoms. The summed E-state index contributed by atoms with van der Waals surface area (Å²) in [5.74, 6) is -2.72. The van der Waals surface area contributed by atoms with Crippen LogP contribution in [0.4, 0.5) is 0 Å². The van der Waals surface area contributed by atoms with Gasteiger partial charge in [0.2, 0.25) is 5.91 Å². The Kier molecular flexibility index (Phi) is 21.5. The standard InChI is InChI=1S/C29H53NO8/c1-6-7-8-9-10-11-12-13-18-36-19-14-17-30(26(31)15-16-27(32)33)25(29(35)38-22-24(4)5)20-28(34)37-21-23(2)3/h23-25H,6-22H2,1-5H3,(H,32,33)/t25-/m0/s1. The van der Waals surface area contributed by atoms with E-state index in [9.17, 15) is 19.2 Å². The highest BCUT2D eigenvalue weighted by Crippen LogP contribution is 2.14. The molecule has 1 N–H and O–H groups in total. The summed E-state index contributed by atoms with van der Waals surface area (Å²) in [4.78, 5) is 50.7. The van der Waals surface area contributed by atoms with Crippen LogP contribution in [-0.2, 0) is 33.4 Å². The van der Waals surface area contributed by atoms with Crippen LogP contribution in [0.3, 0.4) is 0 Å². The Hall–Kier alpha value is -2.16. The van der Waals surface area contributed by atoms with Crippen LogP contribution >= 0.6 is 0 Å². The van der Waals surface area contributed by atoms with E-state index >= 15 is 0 Å². The first-order chi connectivity index (χ1) is 18.1. The zero-order chi connectivity index (χ0) is 28.8. The van der Waals surface area contributed by atoms with Crippen molar-refractivity contribution in [3.8, 4) is 0 Å². The second-order valence-electron chi connectivity index (χ2n) is 10.7. The summed E-state index contributed by atoms with van der Waals surface area (Å²) in [6.45, 7) is 11.3. The van der Waals surface area contributed by atoms with Crippen LogP contribution in [0.5, 0.6) is 0 Å². The normalized spacial score (nSPS) is 12.0. The third kappa shape index (κ3) is 19.9. The molecule has 0 aliphatic rings. The van der Waals surface area contributed by atoms with Crippen molar-refractivity contribution in [3.63, 3.8) is 0 Å². The van der Waals surface area contributed by atoms with Crippen molar-refractivity contribution in [2.45, 2.75) is 118 Å². The SMILES string of the molecule is CCCCCCCCCCOCCCN(C(=O)CCC(=O)O)[C@@H](CC(=O)OCC(C)C)C(=O)OCC(C)C. The molecule has 0 aliphatic heterocycles. The number of hydrogen-bond donors (Lipinski definition) is 1. The van der Waals surface area contributed by atoms with Gasteiger partial charge in [-0.05, 0) is 24.7 Å². The first-order valence-corrected chi connectivity index (χ1v) is 14.5. The van der Waals surface area contributed by atoms with Crippen LogP contribution in [0.25, 0.3) is 0 Å². The van der Waals surface area contributed by atoms with Crippen LogP contribution in [-0.4, -0.2) is 72.8 Å². The quantitative estimate of drug-likeness (QED) is 0.127. The predicted octanol–water partition coefficient (Wildman–Crippen LogP) is 5.38. The highest BCUT2D eigenvalue weighted by atomic mass is 16.5. The molecule has 38 heavy (non-hydrogen) atoms. The van der Waals surface area contributed by atoms with Crippen molar-refractivity contribution in [3.05, 3.63) is 0 Å². The molecule has 0 rings (SSSR count). The number of hydrogen-bond acceptors (Lipinski definition) is 7. The largest absolute Gasteiger partial charge is 0.481 e. The number of rotatable bonds is 24. The van der Waals surface area contributed by atoms with Crippen LogP contribution in [0.2, 0.25) is 0 Å². The number of esters is 2. The van der Waals surface area contributed by atoms with E-state index in [1.54, 1.807) is 0 Å². The predicted molar refractivity (Wildman–Crippen MR) is 147 cm³/mol. The average Bonchev–Trinajstić information content (AvgIpc) is 2.86. The lowest BCUT2D eigenvalue weighted by Crippen LogP contribution is -2.48. The Morgan fingerprint density at radius 1 is 0.737 bits per heavy atom. The molecule has 0 radical (unpaired) electrons. The van der Waals surface area contributed by atoms with Crippen LogP contribution in [0, 0.1) is 11.8 Å². The minimum atomic E-state index is -1.18. The van der Waals surface area contributed by atoms with Gasteiger partial charge in [0, 0.05) is 26.2 Å². The van der Waals surface area contributed by atoms with Gasteiger partial charge in [-0.3, -0.25) is 14.4 Å². The number of carboxylic acid groups (broad SMARTS) is 1. The summed E-state index contributed by atoms with van der Waals surface area (Å²) >= 11 is 0. The van der Waals surface area contributed by atoms with Gasteiger partial charge in [-0.15, -0.1) is 0 Å². The van der Waals surface area contributed by atoms with Gasteiger partial charge in [0.15, 0.2) is 0 Å². The van der Waals surface area contributed by atoms with Gasteiger partial charge in [-0.25, -0.2) is 4.79 Å². The third-order valence-corrected chi connectivity index (χ3v) is 5.85. The number of unbranched alkanes of at least 4 members (excludes halogenated alkanes) is 7. The molecule has 0 unspecified atom stereocenters. The van der Waals surface area contributed by atoms with Gasteiger partial charge in [-0.1, -0.05) is 79.6 Å². The number of carbonyl (C=O) groups is 4. The second-order valence-corrected chi connectivity index (χ2v) is 10.7. The number of carbonyl (C=O) groups excluding carboxylic acids is 3. The van der Waals surface area contributed by atoms with Gasteiger partial charge in [0.1, 0.15) is 6.04 Å². The third-order valence-electron chi connectivity index (χ3n) is 5.85. The van der Waals surface area contributed by atoms with E-state index in [2.05, 4.69) is 6.92 Å². The molecule has 0 bridgehead atoms. The molecule has 0 aromatic heterocycles. The highest BCUT2D eigenvalue weighted by Gasteiger charge is 2.33. The monoisotopic (exact) mass is 543 g/mol. The van der Waals surface area contributed by atoms with Crippen molar-refractivity contribution in [2.24, 2.45) is 11.8 Å². The molecule has 0 aromatic rings. The maximum atomic E-state index is 13.0. The number of carboxylic acids is 1. The van der Waals surface area contributed by atoms with Gasteiger partial charge in [0.25, 0.3) is 0 Å². The van der Waals surface area contributed by atoms with Crippen molar-refractivity contribution in [1.29, 1.82) is 0 Å². The topological polar surface area (TPSA) is 119 Å². The number of aliphatic carboxylic acids is 1. The van der Waals surface area contributed by atoms with E-state index in [0.29, 0.717) is 19.6 Å². The Bertz CT molecular complexity index is 665. The highest BCUT2D eigenvalue weighted by molar-refractivity contribution is 5.89. The Balaban J connectivity index is 5.01. The van der Waals surface area contributed by atoms with E-state index < -0.39 is 29.9 Å². The minimum absolute atomic E-state index is 0.0772. The van der Waals surface area contributed by atoms with E-state index in [1.165, 1.54) is 43.4 Å². The fraction of sp³-hybridized carbons (Fsp3) is 0.862. The summed E-state index contributed by atoms with van der Waals surface area (Å²) in [6.07, 6.45) is 9.14. The van der Waals surface area contributed by atoms with Crippen molar-refractivity contribution < 1.29 is 38.5 Å². The molecule has 0 saturated carbocycles. The molecule has 0 aromatic carbocycles. The van der Waals surface area contributed by atoms with Crippen molar-refractivity contribution in [1.82, 2.24) is 4.90 Å². The summed E-state index contributed by atoms with van der Waals surface area (Å²) in [6, 6.07) is -1.18. The zero-order valence-corrected chi connectivity index (χ0v) is 24.5. The fourth-order valence-corrected chi connectivity index (χ4v) is 3.73. The van der Waals surface area contributed by atoms with Crippen molar-refractivity contribution in [2.75, 3.05) is 33.0 Å². The number of ether oxygens (including phenoxy) is 3. The Morgan fingerprint density at radius 3 is 1.87 bits per heavy atom. The molecular formula is C29H53NO8. The zero-order valence-electron chi connectivity index (χ0n) is 24.5. The molecule has 9 heteroatoms. The van der Waals surface area contributed by atoms with Gasteiger partial charge < -0.3 is 24.2 Å². The Morgan fingerprint density at radius 2 is 1.29 bits per heavy atom. The molecule has 0 aliphatic carbocycles. The van der Waals surface area contributed by atoms with Gasteiger partial charge >= 0.3 is 17.9 Å². The summed E-state index contributed by atoms with van der Waals surface area (Å²) in [5.41, 5.74) is 0. The number of nitrogens with zero attached hydrogens (tertiary/aromatic N) is 1. The summed E-state index contributed by atoms with van der Waals surface area (Å²) < 4.78 is 16.4. The maximum Gasteiger partial charge on any atom is 0.329 e. The van der Waals surface area contributed by atoms with Gasteiger partial charge in [0.05, 0.1) is 26.1 Å². The smallest absolute Gasteiger partial charge is 0.329 e. The first kappa shape index (κ1) is 35.8. The van der Waals surface area contributed by atoms with E-state index in [4.69, 9.17) is 19.3 Å². The van der Waals surface area contributed by atoms with Crippen molar-refractivity contribution >= 4 is 23.8 Å². The summed E-state index contributed by atoms with van der Waals surface area (Å²) in [5, 5.41) is 9.04. The van der Waals surface area contributed by atoms with E-state index in [1.807, 2.05) is 27.7 Å². The molecule has 222 valence electrons. The summed E-state index contributed by atoms with van der Waals surface area (Å²) in [7, 11) is 0. The molecule has 9 nitrogen and oxygen atoms in total. The lowest BCUT2D eigenvalue weighted by molar-refractivity contribution is -0.161. The minimum Gasteiger partial charge on any atom is -0.481 e. The Labute approximate surface area is 229 Å². The number of amides is 1.